The third kappa shape index (κ3) is 12.7. The number of hydrogen-bond acceptors (Lipinski definition) is 12. The van der Waals surface area contributed by atoms with Gasteiger partial charge in [0, 0.05) is 12.8 Å². The van der Waals surface area contributed by atoms with Crippen molar-refractivity contribution < 1.29 is 43.0 Å². The SMILES string of the molecule is CCCCCCCCCCCCCCCC(=O)OC[C@@H](O)COP(=O)(O)OC[C@H]1O[C@@H](n2cnc3c(N)ncnc32)C[C@@H]1O. The summed E-state index contributed by atoms with van der Waals surface area (Å²) in [7, 11) is -4.59. The highest BCUT2D eigenvalue weighted by molar-refractivity contribution is 7.47. The van der Waals surface area contributed by atoms with Gasteiger partial charge in [0.05, 0.1) is 25.6 Å². The summed E-state index contributed by atoms with van der Waals surface area (Å²) in [4.78, 5) is 34.2. The number of imidazole rings is 1. The zero-order chi connectivity index (χ0) is 31.8. The molecule has 0 amide bonds. The lowest BCUT2D eigenvalue weighted by Crippen LogP contribution is -2.27. The normalized spacial score (nSPS) is 20.6. The first-order valence-corrected chi connectivity index (χ1v) is 17.4. The lowest BCUT2D eigenvalue weighted by molar-refractivity contribution is -0.147. The zero-order valence-electron chi connectivity index (χ0n) is 25.8. The van der Waals surface area contributed by atoms with Crippen LogP contribution in [0.15, 0.2) is 12.7 Å². The van der Waals surface area contributed by atoms with Crippen LogP contribution in [0.25, 0.3) is 11.2 Å². The molecule has 44 heavy (non-hydrogen) atoms. The fourth-order valence-corrected chi connectivity index (χ4v) is 5.87. The molecule has 250 valence electrons. The first-order valence-electron chi connectivity index (χ1n) is 15.9. The molecule has 1 aliphatic heterocycles. The number of rotatable bonds is 23. The van der Waals surface area contributed by atoms with Crippen LogP contribution in [0.2, 0.25) is 0 Å². The third-order valence-electron chi connectivity index (χ3n) is 7.65. The van der Waals surface area contributed by atoms with E-state index in [-0.39, 0.29) is 25.3 Å². The minimum absolute atomic E-state index is 0.156. The van der Waals surface area contributed by atoms with Gasteiger partial charge in [-0.2, -0.15) is 0 Å². The van der Waals surface area contributed by atoms with E-state index in [1.165, 1.54) is 76.9 Å². The molecule has 0 saturated carbocycles. The number of phosphoric ester groups is 1. The minimum atomic E-state index is -4.59. The number of unbranched alkanes of at least 4 members (excludes halogenated alkanes) is 12. The summed E-state index contributed by atoms with van der Waals surface area (Å²) in [5, 5.41) is 20.4. The van der Waals surface area contributed by atoms with Crippen LogP contribution < -0.4 is 5.73 Å². The summed E-state index contributed by atoms with van der Waals surface area (Å²) in [5.74, 6) is -0.227. The molecule has 1 saturated heterocycles. The number of phosphoric acid groups is 1. The molecule has 5 atom stereocenters. The van der Waals surface area contributed by atoms with Crippen LogP contribution in [0.1, 0.15) is 109 Å². The van der Waals surface area contributed by atoms with E-state index in [1.54, 1.807) is 4.57 Å². The molecule has 14 nitrogen and oxygen atoms in total. The van der Waals surface area contributed by atoms with Gasteiger partial charge >= 0.3 is 13.8 Å². The van der Waals surface area contributed by atoms with Crippen molar-refractivity contribution in [2.45, 2.75) is 128 Å². The molecule has 0 aromatic carbocycles. The summed E-state index contributed by atoms with van der Waals surface area (Å²) < 4.78 is 34.5. The molecule has 5 N–H and O–H groups in total. The topological polar surface area (TPSA) is 201 Å². The van der Waals surface area contributed by atoms with Crippen LogP contribution in [0.5, 0.6) is 0 Å². The number of carbonyl (C=O) groups excluding carboxylic acids is 1. The number of aromatic nitrogens is 4. The summed E-state index contributed by atoms with van der Waals surface area (Å²) >= 11 is 0. The smallest absolute Gasteiger partial charge is 0.463 e. The number of fused-ring (bicyclic) bond motifs is 1. The molecule has 0 radical (unpaired) electrons. The Labute approximate surface area is 259 Å². The number of esters is 1. The highest BCUT2D eigenvalue weighted by Gasteiger charge is 2.38. The standard InChI is InChI=1S/C29H50N5O9P/c1-2-3-4-5-6-7-8-9-10-11-12-13-14-15-26(37)40-17-22(35)18-41-44(38,39)42-19-24-23(36)16-25(43-24)34-21-33-27-28(30)31-20-32-29(27)34/h20-25,35-36H,2-19H2,1H3,(H,38,39)(H2,30,31,32)/t22-,23+,24-,25-/m1/s1. The van der Waals surface area contributed by atoms with Crippen molar-refractivity contribution in [3.8, 4) is 0 Å². The Morgan fingerprint density at radius 1 is 1.02 bits per heavy atom. The van der Waals surface area contributed by atoms with Gasteiger partial charge in [-0.25, -0.2) is 19.5 Å². The number of ether oxygens (including phenoxy) is 2. The van der Waals surface area contributed by atoms with Crippen LogP contribution in [0.3, 0.4) is 0 Å². The maximum Gasteiger partial charge on any atom is 0.472 e. The molecule has 3 heterocycles. The zero-order valence-corrected chi connectivity index (χ0v) is 26.7. The van der Waals surface area contributed by atoms with Crippen LogP contribution in [-0.4, -0.2) is 78.7 Å². The Kier molecular flexibility index (Phi) is 16.0. The molecular formula is C29H50N5O9P. The predicted octanol–water partition coefficient (Wildman–Crippen LogP) is 4.58. The van der Waals surface area contributed by atoms with Crippen molar-refractivity contribution in [3.05, 3.63) is 12.7 Å². The van der Waals surface area contributed by atoms with Gasteiger partial charge in [0.1, 0.15) is 36.9 Å². The fraction of sp³-hybridized carbons (Fsp3) is 0.793. The second kappa shape index (κ2) is 19.4. The Hall–Kier alpha value is -2.19. The Balaban J connectivity index is 1.21. The molecule has 2 aromatic rings. The van der Waals surface area contributed by atoms with E-state index in [9.17, 15) is 24.5 Å². The second-order valence-electron chi connectivity index (χ2n) is 11.4. The summed E-state index contributed by atoms with van der Waals surface area (Å²) in [5.41, 5.74) is 6.62. The average Bonchev–Trinajstić information content (AvgIpc) is 3.60. The van der Waals surface area contributed by atoms with E-state index in [4.69, 9.17) is 24.3 Å². The predicted molar refractivity (Wildman–Crippen MR) is 163 cm³/mol. The van der Waals surface area contributed by atoms with Gasteiger partial charge in [-0.15, -0.1) is 0 Å². The van der Waals surface area contributed by atoms with Crippen LogP contribution in [-0.2, 0) is 27.9 Å². The lowest BCUT2D eigenvalue weighted by Gasteiger charge is -2.19. The number of nitrogens with zero attached hydrogens (tertiary/aromatic N) is 4. The van der Waals surface area contributed by atoms with Crippen LogP contribution in [0.4, 0.5) is 5.82 Å². The molecule has 1 unspecified atom stereocenters. The highest BCUT2D eigenvalue weighted by atomic mass is 31.2. The molecule has 2 aromatic heterocycles. The largest absolute Gasteiger partial charge is 0.472 e. The van der Waals surface area contributed by atoms with Crippen molar-refractivity contribution in [1.29, 1.82) is 0 Å². The Morgan fingerprint density at radius 3 is 2.32 bits per heavy atom. The number of carbonyl (C=O) groups is 1. The molecule has 0 spiro atoms. The van der Waals surface area contributed by atoms with E-state index in [2.05, 4.69) is 21.9 Å². The van der Waals surface area contributed by atoms with Gasteiger partial charge in [0.15, 0.2) is 11.5 Å². The van der Waals surface area contributed by atoms with E-state index in [0.29, 0.717) is 11.2 Å². The molecule has 1 fully saturated rings. The Bertz CT molecular complexity index is 1170. The van der Waals surface area contributed by atoms with E-state index in [1.807, 2.05) is 0 Å². The number of aliphatic hydroxyl groups is 2. The van der Waals surface area contributed by atoms with Gasteiger partial charge in [0.25, 0.3) is 0 Å². The molecule has 1 aliphatic rings. The number of aliphatic hydroxyl groups excluding tert-OH is 2. The number of nitrogens with two attached hydrogens (primary N) is 1. The first-order chi connectivity index (χ1) is 21.2. The van der Waals surface area contributed by atoms with Crippen molar-refractivity contribution in [2.75, 3.05) is 25.6 Å². The molecular weight excluding hydrogens is 593 g/mol. The minimum Gasteiger partial charge on any atom is -0.463 e. The van der Waals surface area contributed by atoms with Crippen LogP contribution >= 0.6 is 7.82 Å². The lowest BCUT2D eigenvalue weighted by atomic mass is 10.0. The van der Waals surface area contributed by atoms with Crippen molar-refractivity contribution >= 4 is 30.8 Å². The number of hydrogen-bond donors (Lipinski definition) is 4. The van der Waals surface area contributed by atoms with Crippen molar-refractivity contribution in [1.82, 2.24) is 19.5 Å². The summed E-state index contributed by atoms with van der Waals surface area (Å²) in [6.45, 7) is 0.841. The highest BCUT2D eigenvalue weighted by Crippen LogP contribution is 2.44. The quantitative estimate of drug-likeness (QED) is 0.0745. The van der Waals surface area contributed by atoms with Gasteiger partial charge in [0.2, 0.25) is 0 Å². The number of nitrogen functional groups attached to an aromatic ring is 1. The fourth-order valence-electron chi connectivity index (χ4n) is 5.10. The molecule has 15 heteroatoms. The maximum atomic E-state index is 12.3. The van der Waals surface area contributed by atoms with E-state index in [0.717, 1.165) is 19.3 Å². The average molecular weight is 644 g/mol. The molecule has 0 aliphatic carbocycles. The van der Waals surface area contributed by atoms with E-state index < -0.39 is 51.5 Å². The monoisotopic (exact) mass is 643 g/mol. The van der Waals surface area contributed by atoms with Gasteiger partial charge < -0.3 is 30.3 Å². The summed E-state index contributed by atoms with van der Waals surface area (Å²) in [6, 6.07) is 0. The first kappa shape index (κ1) is 36.3. The van der Waals surface area contributed by atoms with Crippen molar-refractivity contribution in [3.63, 3.8) is 0 Å². The molecule has 0 bridgehead atoms. The van der Waals surface area contributed by atoms with Gasteiger partial charge in [-0.3, -0.25) is 18.4 Å². The molecule has 3 rings (SSSR count). The van der Waals surface area contributed by atoms with Crippen molar-refractivity contribution in [2.24, 2.45) is 0 Å². The van der Waals surface area contributed by atoms with Crippen LogP contribution in [0, 0.1) is 0 Å². The third-order valence-corrected chi connectivity index (χ3v) is 8.61. The van der Waals surface area contributed by atoms with E-state index >= 15 is 0 Å². The summed E-state index contributed by atoms with van der Waals surface area (Å²) in [6.07, 6.45) is 15.0. The number of anilines is 1. The van der Waals surface area contributed by atoms with Gasteiger partial charge in [-0.05, 0) is 6.42 Å². The Morgan fingerprint density at radius 2 is 1.66 bits per heavy atom. The maximum absolute atomic E-state index is 12.3. The second-order valence-corrected chi connectivity index (χ2v) is 12.9. The van der Waals surface area contributed by atoms with Gasteiger partial charge in [-0.1, -0.05) is 84.0 Å².